The second-order valence-corrected chi connectivity index (χ2v) is 17.2. The van der Waals surface area contributed by atoms with Gasteiger partial charge in [0.2, 0.25) is 0 Å². The average Bonchev–Trinajstić information content (AvgIpc) is 3.01. The molecule has 0 radical (unpaired) electrons. The molecule has 0 amide bonds. The molecule has 46 heavy (non-hydrogen) atoms. The van der Waals surface area contributed by atoms with Crippen molar-refractivity contribution in [3.8, 4) is 11.5 Å². The van der Waals surface area contributed by atoms with Crippen LogP contribution < -0.4 is 9.47 Å². The smallest absolute Gasteiger partial charge is 0.357 e. The topological polar surface area (TPSA) is 137 Å². The molecular formula is C32H50N2O8S4. The zero-order valence-corrected chi connectivity index (χ0v) is 31.5. The van der Waals surface area contributed by atoms with Crippen LogP contribution in [0.5, 0.6) is 11.5 Å². The van der Waals surface area contributed by atoms with Gasteiger partial charge in [-0.05, 0) is 79.7 Å². The van der Waals surface area contributed by atoms with Crippen molar-refractivity contribution in [2.75, 3.05) is 38.9 Å². The van der Waals surface area contributed by atoms with Gasteiger partial charge in [0.05, 0.1) is 51.0 Å². The molecule has 0 saturated carbocycles. The summed E-state index contributed by atoms with van der Waals surface area (Å²) in [6.07, 6.45) is 8.03. The summed E-state index contributed by atoms with van der Waals surface area (Å²) in [6, 6.07) is 6.40. The van der Waals surface area contributed by atoms with E-state index in [-0.39, 0.29) is 47.3 Å². The van der Waals surface area contributed by atoms with Crippen LogP contribution in [0.15, 0.2) is 24.3 Å². The van der Waals surface area contributed by atoms with Crippen molar-refractivity contribution in [1.29, 1.82) is 0 Å². The molecule has 0 bridgehead atoms. The van der Waals surface area contributed by atoms with E-state index in [1.54, 1.807) is 47.6 Å². The van der Waals surface area contributed by atoms with Crippen molar-refractivity contribution in [3.63, 3.8) is 0 Å². The van der Waals surface area contributed by atoms with Gasteiger partial charge in [-0.3, -0.25) is 4.98 Å². The molecule has 0 aliphatic rings. The molecule has 260 valence electrons. The molecule has 0 saturated heterocycles. The number of carbonyl (C=O) groups is 2. The summed E-state index contributed by atoms with van der Waals surface area (Å²) in [6.45, 7) is 13.5. The van der Waals surface area contributed by atoms with E-state index in [9.17, 15) is 9.59 Å². The lowest BCUT2D eigenvalue weighted by molar-refractivity contribution is 0.0510. The lowest BCUT2D eigenvalue weighted by atomic mass is 10.1. The predicted octanol–water partition coefficient (Wildman–Crippen LogP) is 7.40. The van der Waals surface area contributed by atoms with Crippen molar-refractivity contribution < 1.29 is 38.7 Å². The second-order valence-electron chi connectivity index (χ2n) is 11.0. The molecule has 0 spiro atoms. The van der Waals surface area contributed by atoms with E-state index in [0.29, 0.717) is 36.1 Å². The van der Waals surface area contributed by atoms with Crippen LogP contribution in [0.2, 0.25) is 0 Å². The zero-order valence-electron chi connectivity index (χ0n) is 28.3. The average molecular weight is 719 g/mol. The molecule has 0 unspecified atom stereocenters. The zero-order chi connectivity index (χ0) is 34.6. The quantitative estimate of drug-likeness (QED) is 0.0799. The van der Waals surface area contributed by atoms with Gasteiger partial charge in [-0.1, -0.05) is 43.2 Å². The summed E-state index contributed by atoms with van der Waals surface area (Å²) in [4.78, 5) is 32.0. The minimum Gasteiger partial charge on any atom is -0.493 e. The molecule has 2 rings (SSSR count). The van der Waals surface area contributed by atoms with Gasteiger partial charge in [-0.2, -0.15) is 0 Å². The molecule has 2 N–H and O–H groups in total. The van der Waals surface area contributed by atoms with Crippen molar-refractivity contribution in [2.45, 2.75) is 89.9 Å². The van der Waals surface area contributed by atoms with Crippen LogP contribution in [-0.4, -0.2) is 80.6 Å². The number of ether oxygens (including phenoxy) is 4. The maximum absolute atomic E-state index is 12.0. The van der Waals surface area contributed by atoms with Crippen LogP contribution in [0.1, 0.15) is 99.6 Å². The molecule has 0 atom stereocenters. The Morgan fingerprint density at radius 3 is 1.43 bits per heavy atom. The van der Waals surface area contributed by atoms with Crippen LogP contribution >= 0.6 is 43.2 Å². The third kappa shape index (κ3) is 17.4. The van der Waals surface area contributed by atoms with Crippen molar-refractivity contribution in [3.05, 3.63) is 47.0 Å². The first kappa shape index (κ1) is 42.2. The normalized spacial score (nSPS) is 11.3. The fraction of sp³-hybridized carbons (Fsp3) is 0.625. The Hall–Kier alpha value is -1.84. The molecule has 2 aromatic rings. The Morgan fingerprint density at radius 2 is 1.09 bits per heavy atom. The Balaban J connectivity index is 0.000000476. The highest BCUT2D eigenvalue weighted by Crippen LogP contribution is 2.37. The summed E-state index contributed by atoms with van der Waals surface area (Å²) in [5.41, 5.74) is 1.10. The Kier molecular flexibility index (Phi) is 20.8. The number of carbonyl (C=O) groups excluding carboxylic acids is 2. The highest BCUT2D eigenvalue weighted by molar-refractivity contribution is 8.77. The van der Waals surface area contributed by atoms with Crippen molar-refractivity contribution in [1.82, 2.24) is 9.97 Å². The van der Waals surface area contributed by atoms with E-state index in [0.717, 1.165) is 25.7 Å². The highest BCUT2D eigenvalue weighted by atomic mass is 33.1. The number of aliphatic hydroxyl groups excluding tert-OH is 2. The highest BCUT2D eigenvalue weighted by Gasteiger charge is 2.20. The Morgan fingerprint density at radius 1 is 0.696 bits per heavy atom. The van der Waals surface area contributed by atoms with E-state index in [2.05, 4.69) is 50.2 Å². The van der Waals surface area contributed by atoms with E-state index in [1.807, 2.05) is 21.6 Å². The third-order valence-corrected chi connectivity index (χ3v) is 11.3. The number of rotatable bonds is 20. The maximum atomic E-state index is 12.0. The number of hydrogen-bond acceptors (Lipinski definition) is 14. The fourth-order valence-electron chi connectivity index (χ4n) is 3.98. The molecule has 2 heterocycles. The second kappa shape index (κ2) is 22.7. The monoisotopic (exact) mass is 718 g/mol. The van der Waals surface area contributed by atoms with Gasteiger partial charge in [0.25, 0.3) is 0 Å². The number of aliphatic hydroxyl groups is 2. The number of pyridine rings is 2. The van der Waals surface area contributed by atoms with Crippen molar-refractivity contribution >= 4 is 55.1 Å². The largest absolute Gasteiger partial charge is 0.493 e. The Labute approximate surface area is 290 Å². The Bertz CT molecular complexity index is 1140. The van der Waals surface area contributed by atoms with E-state index >= 15 is 0 Å². The molecule has 0 aromatic carbocycles. The first-order chi connectivity index (χ1) is 21.8. The maximum Gasteiger partial charge on any atom is 0.357 e. The van der Waals surface area contributed by atoms with Crippen LogP contribution in [0, 0.1) is 0 Å². The molecule has 0 aliphatic heterocycles. The lowest BCUT2D eigenvalue weighted by Crippen LogP contribution is -2.15. The van der Waals surface area contributed by atoms with Gasteiger partial charge in [0.15, 0.2) is 11.4 Å². The summed E-state index contributed by atoms with van der Waals surface area (Å²) in [7, 11) is 7.24. The lowest BCUT2D eigenvalue weighted by Gasteiger charge is -2.22. The summed E-state index contributed by atoms with van der Waals surface area (Å²) in [5.74, 6) is -0.133. The standard InChI is InChI=1S/C18H27NO5S2.C14H23NO3S2/c1-6-22-16(20)14-11-13(12-15(19-14)17(21)23-7-2)24-10-8-9-18(3,4)26-25-5;1-14(2,20-19-3)5-4-6-18-13-7-11(9-16)15-12(8-13)10-17/h11-12H,6-10H2,1-5H3;7-8,16-17H,4-6,9-10H2,1-3H3. The molecule has 10 nitrogen and oxygen atoms in total. The van der Waals surface area contributed by atoms with Gasteiger partial charge < -0.3 is 29.2 Å². The fourth-order valence-corrected chi connectivity index (χ4v) is 8.55. The minimum absolute atomic E-state index is 0.0330. The van der Waals surface area contributed by atoms with E-state index in [1.165, 1.54) is 12.1 Å². The van der Waals surface area contributed by atoms with E-state index < -0.39 is 11.9 Å². The number of aromatic nitrogens is 2. The van der Waals surface area contributed by atoms with E-state index in [4.69, 9.17) is 29.2 Å². The van der Waals surface area contributed by atoms with Crippen LogP contribution in [0.3, 0.4) is 0 Å². The minimum atomic E-state index is -0.596. The summed E-state index contributed by atoms with van der Waals surface area (Å²) in [5, 5.41) is 18.2. The van der Waals surface area contributed by atoms with Gasteiger partial charge in [0, 0.05) is 33.8 Å². The van der Waals surface area contributed by atoms with Crippen LogP contribution in [0.4, 0.5) is 0 Å². The summed E-state index contributed by atoms with van der Waals surface area (Å²) >= 11 is 0. The molecular weight excluding hydrogens is 669 g/mol. The summed E-state index contributed by atoms with van der Waals surface area (Å²) < 4.78 is 21.8. The molecule has 14 heteroatoms. The van der Waals surface area contributed by atoms with Crippen molar-refractivity contribution in [2.24, 2.45) is 0 Å². The molecule has 0 aliphatic carbocycles. The number of hydrogen-bond donors (Lipinski definition) is 2. The third-order valence-electron chi connectivity index (χ3n) is 6.00. The first-order valence-corrected chi connectivity index (χ1v) is 20.2. The van der Waals surface area contributed by atoms with Gasteiger partial charge >= 0.3 is 11.9 Å². The number of nitrogens with zero attached hydrogens (tertiary/aromatic N) is 2. The predicted molar refractivity (Wildman–Crippen MR) is 192 cm³/mol. The van der Waals surface area contributed by atoms with Gasteiger partial charge in [-0.25, -0.2) is 14.6 Å². The van der Waals surface area contributed by atoms with Crippen LogP contribution in [0.25, 0.3) is 0 Å². The SMILES string of the molecule is CCOC(=O)c1cc(OCCCC(C)(C)SSC)cc(C(=O)OCC)n1.CSSC(C)(C)CCCOc1cc(CO)nc(CO)c1. The molecule has 2 aromatic heterocycles. The molecule has 0 fully saturated rings. The van der Waals surface area contributed by atoms with Gasteiger partial charge in [0.1, 0.15) is 11.5 Å². The number of esters is 2. The first-order valence-electron chi connectivity index (χ1n) is 15.1. The van der Waals surface area contributed by atoms with Crippen LogP contribution in [-0.2, 0) is 22.7 Å². The van der Waals surface area contributed by atoms with Gasteiger partial charge in [-0.15, -0.1) is 0 Å².